The summed E-state index contributed by atoms with van der Waals surface area (Å²) in [5.41, 5.74) is 3.27. The summed E-state index contributed by atoms with van der Waals surface area (Å²) in [6, 6.07) is 18.3. The minimum atomic E-state index is 0.546. The predicted molar refractivity (Wildman–Crippen MR) is 73.2 cm³/mol. The molecule has 0 atom stereocenters. The second-order valence-electron chi connectivity index (χ2n) is 4.21. The molecule has 0 bridgehead atoms. The molecule has 0 saturated heterocycles. The third-order valence-electron chi connectivity index (χ3n) is 2.83. The van der Waals surface area contributed by atoms with E-state index in [1.54, 1.807) is 6.92 Å². The van der Waals surface area contributed by atoms with Crippen LogP contribution in [0.4, 0.5) is 0 Å². The average molecular weight is 248 g/mol. The zero-order valence-electron chi connectivity index (χ0n) is 10.5. The smallest absolute Gasteiger partial charge is 0.131 e. The number of hydrogen-bond donors (Lipinski definition) is 0. The zero-order chi connectivity index (χ0) is 13.1. The molecule has 3 rings (SSSR count). The Morgan fingerprint density at radius 1 is 0.579 bits per heavy atom. The van der Waals surface area contributed by atoms with E-state index in [-0.39, 0.29) is 0 Å². The van der Waals surface area contributed by atoms with Gasteiger partial charge in [-0.25, -0.2) is 0 Å². The van der Waals surface area contributed by atoms with Gasteiger partial charge >= 0.3 is 0 Å². The van der Waals surface area contributed by atoms with Gasteiger partial charge in [0.25, 0.3) is 0 Å². The molecule has 1 aromatic heterocycles. The van der Waals surface area contributed by atoms with Crippen LogP contribution in [0, 0.1) is 6.92 Å². The number of rotatable bonds is 2. The van der Waals surface area contributed by atoms with Crippen LogP contribution in [0.2, 0.25) is 0 Å². The Bertz CT molecular complexity index is 661. The fourth-order valence-electron chi connectivity index (χ4n) is 1.84. The van der Waals surface area contributed by atoms with E-state index in [0.717, 1.165) is 11.1 Å². The van der Waals surface area contributed by atoms with Crippen molar-refractivity contribution in [2.45, 2.75) is 6.92 Å². The molecule has 4 heteroatoms. The van der Waals surface area contributed by atoms with E-state index in [9.17, 15) is 0 Å². The Labute approximate surface area is 111 Å². The second kappa shape index (κ2) is 4.94. The molecule has 3 aromatic rings. The maximum absolute atomic E-state index is 4.03. The lowest BCUT2D eigenvalue weighted by atomic mass is 10.0. The third kappa shape index (κ3) is 2.47. The first-order valence-corrected chi connectivity index (χ1v) is 6.03. The number of aromatic nitrogens is 4. The van der Waals surface area contributed by atoms with Crippen LogP contribution in [-0.2, 0) is 0 Å². The number of aryl methyl sites for hydroxylation is 1. The summed E-state index contributed by atoms with van der Waals surface area (Å²) in [5.74, 6) is 1.12. The van der Waals surface area contributed by atoms with E-state index < -0.39 is 0 Å². The molecule has 2 aromatic carbocycles. The first-order valence-electron chi connectivity index (χ1n) is 6.03. The highest BCUT2D eigenvalue weighted by atomic mass is 15.3. The first kappa shape index (κ1) is 11.5. The van der Waals surface area contributed by atoms with Crippen LogP contribution < -0.4 is 0 Å². The molecule has 0 unspecified atom stereocenters. The lowest BCUT2D eigenvalue weighted by Crippen LogP contribution is -1.98. The Kier molecular flexibility index (Phi) is 2.98. The van der Waals surface area contributed by atoms with Crippen molar-refractivity contribution in [2.75, 3.05) is 0 Å². The summed E-state index contributed by atoms with van der Waals surface area (Å²) < 4.78 is 0. The normalized spacial score (nSPS) is 10.4. The van der Waals surface area contributed by atoms with Gasteiger partial charge < -0.3 is 0 Å². The van der Waals surface area contributed by atoms with Gasteiger partial charge in [0.05, 0.1) is 0 Å². The van der Waals surface area contributed by atoms with Gasteiger partial charge in [0.15, 0.2) is 5.82 Å². The second-order valence-corrected chi connectivity index (χ2v) is 4.21. The van der Waals surface area contributed by atoms with Gasteiger partial charge in [0, 0.05) is 5.56 Å². The Balaban J connectivity index is 1.93. The summed E-state index contributed by atoms with van der Waals surface area (Å²) in [5, 5.41) is 15.9. The third-order valence-corrected chi connectivity index (χ3v) is 2.83. The molecular formula is C15H12N4. The van der Waals surface area contributed by atoms with Gasteiger partial charge in [-0.3, -0.25) is 0 Å². The van der Waals surface area contributed by atoms with Crippen molar-refractivity contribution in [2.24, 2.45) is 0 Å². The number of nitrogens with zero attached hydrogens (tertiary/aromatic N) is 4. The van der Waals surface area contributed by atoms with Crippen molar-refractivity contribution >= 4 is 0 Å². The van der Waals surface area contributed by atoms with Crippen LogP contribution in [0.5, 0.6) is 0 Å². The van der Waals surface area contributed by atoms with E-state index in [2.05, 4.69) is 32.5 Å². The van der Waals surface area contributed by atoms with Crippen LogP contribution in [-0.4, -0.2) is 20.4 Å². The van der Waals surface area contributed by atoms with Crippen LogP contribution in [0.3, 0.4) is 0 Å². The lowest BCUT2D eigenvalue weighted by molar-refractivity contribution is 0.816. The summed E-state index contributed by atoms with van der Waals surface area (Å²) in [4.78, 5) is 0. The van der Waals surface area contributed by atoms with Crippen LogP contribution in [0.15, 0.2) is 54.6 Å². The van der Waals surface area contributed by atoms with E-state index in [1.165, 1.54) is 5.56 Å². The fourth-order valence-corrected chi connectivity index (χ4v) is 1.84. The molecule has 0 radical (unpaired) electrons. The zero-order valence-corrected chi connectivity index (χ0v) is 10.5. The fraction of sp³-hybridized carbons (Fsp3) is 0.0667. The van der Waals surface area contributed by atoms with Crippen LogP contribution in [0.25, 0.3) is 22.5 Å². The lowest BCUT2D eigenvalue weighted by Gasteiger charge is -2.03. The topological polar surface area (TPSA) is 51.6 Å². The van der Waals surface area contributed by atoms with Crippen molar-refractivity contribution in [3.63, 3.8) is 0 Å². The van der Waals surface area contributed by atoms with Crippen molar-refractivity contribution in [1.29, 1.82) is 0 Å². The van der Waals surface area contributed by atoms with Crippen molar-refractivity contribution in [3.8, 4) is 22.5 Å². The van der Waals surface area contributed by atoms with Gasteiger partial charge in [-0.15, -0.1) is 20.4 Å². The van der Waals surface area contributed by atoms with Gasteiger partial charge in [-0.2, -0.15) is 0 Å². The summed E-state index contributed by atoms with van der Waals surface area (Å²) >= 11 is 0. The highest BCUT2D eigenvalue weighted by Crippen LogP contribution is 2.22. The van der Waals surface area contributed by atoms with Gasteiger partial charge in [-0.05, 0) is 18.1 Å². The summed E-state index contributed by atoms with van der Waals surface area (Å²) in [6.45, 7) is 1.77. The Morgan fingerprint density at radius 2 is 1.11 bits per heavy atom. The Morgan fingerprint density at radius 3 is 1.74 bits per heavy atom. The maximum Gasteiger partial charge on any atom is 0.203 e. The van der Waals surface area contributed by atoms with Gasteiger partial charge in [-0.1, -0.05) is 54.6 Å². The van der Waals surface area contributed by atoms with E-state index in [1.807, 2.05) is 42.5 Å². The molecule has 0 N–H and O–H groups in total. The molecule has 0 aliphatic carbocycles. The number of benzene rings is 2. The van der Waals surface area contributed by atoms with E-state index >= 15 is 0 Å². The van der Waals surface area contributed by atoms with Crippen LogP contribution >= 0.6 is 0 Å². The largest absolute Gasteiger partial charge is 0.203 e. The molecule has 0 spiro atoms. The SMILES string of the molecule is Cc1nnc(-c2ccc(-c3ccccc3)cc2)nn1. The minimum Gasteiger partial charge on any atom is -0.131 e. The molecule has 1 heterocycles. The average Bonchev–Trinajstić information content (AvgIpc) is 2.49. The summed E-state index contributed by atoms with van der Waals surface area (Å²) in [6.07, 6.45) is 0. The van der Waals surface area contributed by atoms with Gasteiger partial charge in [0.2, 0.25) is 5.82 Å². The standard InChI is InChI=1S/C15H12N4/c1-11-16-18-15(19-17-11)14-9-7-13(8-10-14)12-5-3-2-4-6-12/h2-10H,1H3. The summed E-state index contributed by atoms with van der Waals surface area (Å²) in [7, 11) is 0. The Hall–Kier alpha value is -2.62. The molecule has 0 saturated carbocycles. The van der Waals surface area contributed by atoms with Crippen molar-refractivity contribution in [1.82, 2.24) is 20.4 Å². The molecule has 0 amide bonds. The maximum atomic E-state index is 4.03. The van der Waals surface area contributed by atoms with E-state index in [4.69, 9.17) is 0 Å². The van der Waals surface area contributed by atoms with Crippen molar-refractivity contribution < 1.29 is 0 Å². The van der Waals surface area contributed by atoms with Crippen molar-refractivity contribution in [3.05, 3.63) is 60.4 Å². The monoisotopic (exact) mass is 248 g/mol. The molecule has 92 valence electrons. The molecule has 0 fully saturated rings. The molecular weight excluding hydrogens is 236 g/mol. The first-order chi connectivity index (χ1) is 9.33. The minimum absolute atomic E-state index is 0.546. The molecule has 19 heavy (non-hydrogen) atoms. The molecule has 4 nitrogen and oxygen atoms in total. The number of hydrogen-bond acceptors (Lipinski definition) is 4. The molecule has 0 aliphatic rings. The van der Waals surface area contributed by atoms with Gasteiger partial charge in [0.1, 0.15) is 0 Å². The predicted octanol–water partition coefficient (Wildman–Crippen LogP) is 2.91. The highest BCUT2D eigenvalue weighted by molar-refractivity contribution is 5.67. The van der Waals surface area contributed by atoms with Crippen LogP contribution in [0.1, 0.15) is 5.82 Å². The molecule has 0 aliphatic heterocycles. The quantitative estimate of drug-likeness (QED) is 0.699. The highest BCUT2D eigenvalue weighted by Gasteiger charge is 2.03. The van der Waals surface area contributed by atoms with E-state index in [0.29, 0.717) is 11.6 Å².